The first-order chi connectivity index (χ1) is 10.1. The molecule has 0 fully saturated rings. The molecule has 2 aromatic rings. The predicted octanol–water partition coefficient (Wildman–Crippen LogP) is 2.19. The molecule has 21 heavy (non-hydrogen) atoms. The molecule has 4 N–H and O–H groups in total. The highest BCUT2D eigenvalue weighted by Gasteiger charge is 2.17. The van der Waals surface area contributed by atoms with Gasteiger partial charge in [-0.1, -0.05) is 31.2 Å². The summed E-state index contributed by atoms with van der Waals surface area (Å²) in [4.78, 5) is 0.227. The molecule has 0 spiro atoms. The van der Waals surface area contributed by atoms with Crippen molar-refractivity contribution in [1.29, 1.82) is 0 Å². The molecular formula is C15H19N3O2S. The van der Waals surface area contributed by atoms with E-state index in [0.29, 0.717) is 18.8 Å². The summed E-state index contributed by atoms with van der Waals surface area (Å²) in [6.07, 6.45) is 0. The van der Waals surface area contributed by atoms with E-state index >= 15 is 0 Å². The van der Waals surface area contributed by atoms with Crippen molar-refractivity contribution in [2.45, 2.75) is 18.4 Å². The normalized spacial score (nSPS) is 11.3. The van der Waals surface area contributed by atoms with Crippen LogP contribution in [0, 0.1) is 0 Å². The van der Waals surface area contributed by atoms with Crippen molar-refractivity contribution in [3.8, 4) is 0 Å². The summed E-state index contributed by atoms with van der Waals surface area (Å²) in [6.45, 7) is 2.53. The highest BCUT2D eigenvalue weighted by Crippen LogP contribution is 2.25. The van der Waals surface area contributed by atoms with Gasteiger partial charge in [-0.25, -0.2) is 13.1 Å². The van der Waals surface area contributed by atoms with E-state index in [1.807, 2.05) is 24.3 Å². The first-order valence-corrected chi connectivity index (χ1v) is 8.20. The van der Waals surface area contributed by atoms with Crippen molar-refractivity contribution < 1.29 is 8.42 Å². The van der Waals surface area contributed by atoms with Crippen LogP contribution in [0.3, 0.4) is 0 Å². The standard InChI is InChI=1S/C15H19N3O2S/c1-2-17-21(19,20)15-9-4-3-8-14(15)18-13-7-5-6-12(10-13)11-16/h3-10,17-18H,2,11,16H2,1H3. The topological polar surface area (TPSA) is 84.2 Å². The SMILES string of the molecule is CCNS(=O)(=O)c1ccccc1Nc1cccc(CN)c1. The highest BCUT2D eigenvalue weighted by atomic mass is 32.2. The van der Waals surface area contributed by atoms with Gasteiger partial charge in [0.2, 0.25) is 10.0 Å². The zero-order valence-corrected chi connectivity index (χ0v) is 12.7. The van der Waals surface area contributed by atoms with Crippen LogP contribution in [0.2, 0.25) is 0 Å². The lowest BCUT2D eigenvalue weighted by Crippen LogP contribution is -2.23. The number of nitrogens with two attached hydrogens (primary N) is 1. The van der Waals surface area contributed by atoms with Crippen LogP contribution in [0.5, 0.6) is 0 Å². The molecule has 2 rings (SSSR count). The molecular weight excluding hydrogens is 286 g/mol. The molecule has 0 aliphatic rings. The van der Waals surface area contributed by atoms with Crippen molar-refractivity contribution in [2.24, 2.45) is 5.73 Å². The van der Waals surface area contributed by atoms with Gasteiger partial charge < -0.3 is 11.1 Å². The smallest absolute Gasteiger partial charge is 0.242 e. The lowest BCUT2D eigenvalue weighted by molar-refractivity contribution is 0.584. The third-order valence-electron chi connectivity index (χ3n) is 2.95. The maximum absolute atomic E-state index is 12.2. The third kappa shape index (κ3) is 3.81. The van der Waals surface area contributed by atoms with E-state index in [-0.39, 0.29) is 4.90 Å². The molecule has 0 bridgehead atoms. The number of rotatable bonds is 6. The zero-order valence-electron chi connectivity index (χ0n) is 11.8. The molecule has 0 heterocycles. The van der Waals surface area contributed by atoms with E-state index < -0.39 is 10.0 Å². The maximum atomic E-state index is 12.2. The van der Waals surface area contributed by atoms with Crippen LogP contribution in [0.15, 0.2) is 53.4 Å². The Balaban J connectivity index is 2.36. The fraction of sp³-hybridized carbons (Fsp3) is 0.200. The van der Waals surface area contributed by atoms with Gasteiger partial charge in [0.15, 0.2) is 0 Å². The Kier molecular flexibility index (Phi) is 4.95. The maximum Gasteiger partial charge on any atom is 0.242 e. The van der Waals surface area contributed by atoms with Crippen molar-refractivity contribution in [3.63, 3.8) is 0 Å². The van der Waals surface area contributed by atoms with E-state index in [4.69, 9.17) is 5.73 Å². The van der Waals surface area contributed by atoms with Gasteiger partial charge in [-0.2, -0.15) is 0 Å². The van der Waals surface area contributed by atoms with Gasteiger partial charge in [0, 0.05) is 18.8 Å². The Labute approximate surface area is 125 Å². The molecule has 0 unspecified atom stereocenters. The van der Waals surface area contributed by atoms with Crippen molar-refractivity contribution >= 4 is 21.4 Å². The summed E-state index contributed by atoms with van der Waals surface area (Å²) >= 11 is 0. The van der Waals surface area contributed by atoms with Crippen LogP contribution in [-0.2, 0) is 16.6 Å². The Morgan fingerprint density at radius 1 is 1.10 bits per heavy atom. The van der Waals surface area contributed by atoms with Gasteiger partial charge in [-0.05, 0) is 29.8 Å². The predicted molar refractivity (Wildman–Crippen MR) is 84.9 cm³/mol. The van der Waals surface area contributed by atoms with Gasteiger partial charge in [0.05, 0.1) is 5.69 Å². The third-order valence-corrected chi connectivity index (χ3v) is 4.56. The Hall–Kier alpha value is -1.89. The Morgan fingerprint density at radius 2 is 1.86 bits per heavy atom. The fourth-order valence-electron chi connectivity index (χ4n) is 2.00. The largest absolute Gasteiger partial charge is 0.354 e. The molecule has 0 aliphatic heterocycles. The van der Waals surface area contributed by atoms with Gasteiger partial charge in [-0.15, -0.1) is 0 Å². The number of para-hydroxylation sites is 1. The molecule has 0 amide bonds. The lowest BCUT2D eigenvalue weighted by atomic mass is 10.2. The molecule has 0 saturated carbocycles. The molecule has 0 atom stereocenters. The number of hydrogen-bond donors (Lipinski definition) is 3. The average molecular weight is 305 g/mol. The summed E-state index contributed by atoms with van der Waals surface area (Å²) < 4.78 is 26.9. The number of nitrogens with one attached hydrogen (secondary N) is 2. The molecule has 0 aromatic heterocycles. The van der Waals surface area contributed by atoms with Gasteiger partial charge in [0.25, 0.3) is 0 Å². The van der Waals surface area contributed by atoms with Crippen LogP contribution in [-0.4, -0.2) is 15.0 Å². The van der Waals surface area contributed by atoms with Gasteiger partial charge >= 0.3 is 0 Å². The monoisotopic (exact) mass is 305 g/mol. The number of sulfonamides is 1. The molecule has 6 heteroatoms. The van der Waals surface area contributed by atoms with E-state index in [9.17, 15) is 8.42 Å². The summed E-state index contributed by atoms with van der Waals surface area (Å²) in [7, 11) is -3.51. The minimum Gasteiger partial charge on any atom is -0.354 e. The van der Waals surface area contributed by atoms with Crippen LogP contribution in [0.25, 0.3) is 0 Å². The van der Waals surface area contributed by atoms with Gasteiger partial charge in [-0.3, -0.25) is 0 Å². The lowest BCUT2D eigenvalue weighted by Gasteiger charge is -2.13. The number of anilines is 2. The van der Waals surface area contributed by atoms with Crippen LogP contribution in [0.1, 0.15) is 12.5 Å². The second kappa shape index (κ2) is 6.71. The minimum atomic E-state index is -3.51. The van der Waals surface area contributed by atoms with Gasteiger partial charge in [0.1, 0.15) is 4.90 Å². The molecule has 2 aromatic carbocycles. The molecule has 0 aliphatic carbocycles. The molecule has 0 radical (unpaired) electrons. The second-order valence-electron chi connectivity index (χ2n) is 4.53. The van der Waals surface area contributed by atoms with E-state index in [1.165, 1.54) is 0 Å². The fourth-order valence-corrected chi connectivity index (χ4v) is 3.21. The summed E-state index contributed by atoms with van der Waals surface area (Å²) in [5.74, 6) is 0. The summed E-state index contributed by atoms with van der Waals surface area (Å²) in [6, 6.07) is 14.4. The minimum absolute atomic E-state index is 0.227. The summed E-state index contributed by atoms with van der Waals surface area (Å²) in [5, 5.41) is 3.14. The first kappa shape index (κ1) is 15.5. The van der Waals surface area contributed by atoms with Crippen LogP contribution >= 0.6 is 0 Å². The molecule has 112 valence electrons. The average Bonchev–Trinajstić information content (AvgIpc) is 2.48. The molecule has 0 saturated heterocycles. The Bertz CT molecular complexity index is 714. The van der Waals surface area contributed by atoms with Crippen molar-refractivity contribution in [3.05, 3.63) is 54.1 Å². The molecule has 5 nitrogen and oxygen atoms in total. The second-order valence-corrected chi connectivity index (χ2v) is 6.26. The summed E-state index contributed by atoms with van der Waals surface area (Å²) in [5.41, 5.74) is 7.93. The van der Waals surface area contributed by atoms with Crippen molar-refractivity contribution in [1.82, 2.24) is 4.72 Å². The van der Waals surface area contributed by atoms with E-state index in [0.717, 1.165) is 11.3 Å². The Morgan fingerprint density at radius 3 is 2.57 bits per heavy atom. The quantitative estimate of drug-likeness (QED) is 0.764. The number of hydrogen-bond acceptors (Lipinski definition) is 4. The van der Waals surface area contributed by atoms with Crippen molar-refractivity contribution in [2.75, 3.05) is 11.9 Å². The number of benzene rings is 2. The van der Waals surface area contributed by atoms with E-state index in [1.54, 1.807) is 31.2 Å². The highest BCUT2D eigenvalue weighted by molar-refractivity contribution is 7.89. The van der Waals surface area contributed by atoms with E-state index in [2.05, 4.69) is 10.0 Å². The zero-order chi connectivity index (χ0) is 15.3. The van der Waals surface area contributed by atoms with Crippen LogP contribution in [0.4, 0.5) is 11.4 Å². The van der Waals surface area contributed by atoms with Crippen LogP contribution < -0.4 is 15.8 Å². The first-order valence-electron chi connectivity index (χ1n) is 6.71.